The summed E-state index contributed by atoms with van der Waals surface area (Å²) in [7, 11) is 0. The Hall–Kier alpha value is -0.530. The van der Waals surface area contributed by atoms with Crippen LogP contribution in [0, 0.1) is 5.92 Å². The molecule has 1 aliphatic carbocycles. The molecule has 0 radical (unpaired) electrons. The Bertz CT molecular complexity index is 146. The molecule has 1 rings (SSSR count). The molecule has 13 heavy (non-hydrogen) atoms. The molecule has 0 aliphatic heterocycles. The summed E-state index contributed by atoms with van der Waals surface area (Å²) in [5, 5.41) is 0. The van der Waals surface area contributed by atoms with Gasteiger partial charge in [-0.1, -0.05) is 32.1 Å². The van der Waals surface area contributed by atoms with E-state index in [9.17, 15) is 4.79 Å². The predicted molar refractivity (Wildman–Crippen MR) is 52.4 cm³/mol. The van der Waals surface area contributed by atoms with Crippen molar-refractivity contribution < 1.29 is 9.53 Å². The fourth-order valence-electron chi connectivity index (χ4n) is 1.94. The van der Waals surface area contributed by atoms with Gasteiger partial charge in [-0.3, -0.25) is 4.79 Å². The second kappa shape index (κ2) is 6.01. The molecule has 0 aromatic carbocycles. The summed E-state index contributed by atoms with van der Waals surface area (Å²) in [6.07, 6.45) is 9.21. The lowest BCUT2D eigenvalue weighted by atomic mass is 9.92. The summed E-state index contributed by atoms with van der Waals surface area (Å²) >= 11 is 0. The maximum Gasteiger partial charge on any atom is 0.302 e. The van der Waals surface area contributed by atoms with Crippen molar-refractivity contribution in [2.45, 2.75) is 51.9 Å². The molecule has 0 aromatic heterocycles. The minimum absolute atomic E-state index is 0.137. The molecule has 0 bridgehead atoms. The second-order valence-electron chi connectivity index (χ2n) is 4.01. The molecule has 2 heteroatoms. The minimum Gasteiger partial charge on any atom is -0.466 e. The zero-order chi connectivity index (χ0) is 9.52. The first kappa shape index (κ1) is 10.6. The van der Waals surface area contributed by atoms with Gasteiger partial charge in [0.2, 0.25) is 0 Å². The molecule has 2 nitrogen and oxygen atoms in total. The molecule has 0 unspecified atom stereocenters. The Morgan fingerprint density at radius 1 is 1.15 bits per heavy atom. The van der Waals surface area contributed by atoms with E-state index in [0.717, 1.165) is 0 Å². The van der Waals surface area contributed by atoms with Crippen molar-refractivity contribution in [1.82, 2.24) is 0 Å². The molecule has 0 amide bonds. The van der Waals surface area contributed by atoms with Crippen LogP contribution in [0.15, 0.2) is 0 Å². The summed E-state index contributed by atoms with van der Waals surface area (Å²) in [5.41, 5.74) is 0. The Kier molecular flexibility index (Phi) is 4.87. The lowest BCUT2D eigenvalue weighted by molar-refractivity contribution is -0.142. The Morgan fingerprint density at radius 2 is 1.69 bits per heavy atom. The number of carbonyl (C=O) groups is 1. The van der Waals surface area contributed by atoms with Crippen LogP contribution in [0.1, 0.15) is 51.9 Å². The molecule has 1 saturated carbocycles. The van der Waals surface area contributed by atoms with Gasteiger partial charge in [0.25, 0.3) is 0 Å². The highest BCUT2D eigenvalue weighted by atomic mass is 16.5. The van der Waals surface area contributed by atoms with E-state index in [0.29, 0.717) is 12.5 Å². The van der Waals surface area contributed by atoms with E-state index < -0.39 is 0 Å². The second-order valence-corrected chi connectivity index (χ2v) is 4.01. The zero-order valence-electron chi connectivity index (χ0n) is 8.55. The number of rotatable bonds is 2. The third-order valence-corrected chi connectivity index (χ3v) is 2.75. The molecule has 0 atom stereocenters. The van der Waals surface area contributed by atoms with Gasteiger partial charge in [0.05, 0.1) is 6.61 Å². The lowest BCUT2D eigenvalue weighted by Gasteiger charge is -2.18. The smallest absolute Gasteiger partial charge is 0.302 e. The molecular weight excluding hydrogens is 164 g/mol. The van der Waals surface area contributed by atoms with Crippen LogP contribution in [0.25, 0.3) is 0 Å². The van der Waals surface area contributed by atoms with Gasteiger partial charge in [-0.15, -0.1) is 0 Å². The summed E-state index contributed by atoms with van der Waals surface area (Å²) < 4.78 is 5.04. The third kappa shape index (κ3) is 4.91. The van der Waals surface area contributed by atoms with Gasteiger partial charge >= 0.3 is 5.97 Å². The van der Waals surface area contributed by atoms with E-state index in [1.54, 1.807) is 0 Å². The van der Waals surface area contributed by atoms with Crippen molar-refractivity contribution in [1.29, 1.82) is 0 Å². The van der Waals surface area contributed by atoms with E-state index in [-0.39, 0.29) is 5.97 Å². The first-order chi connectivity index (χ1) is 6.29. The highest BCUT2D eigenvalue weighted by molar-refractivity contribution is 5.65. The van der Waals surface area contributed by atoms with Gasteiger partial charge in [0.1, 0.15) is 0 Å². The molecule has 0 saturated heterocycles. The number of hydrogen-bond acceptors (Lipinski definition) is 2. The largest absolute Gasteiger partial charge is 0.466 e. The zero-order valence-corrected chi connectivity index (χ0v) is 8.55. The van der Waals surface area contributed by atoms with Crippen molar-refractivity contribution in [2.75, 3.05) is 6.61 Å². The summed E-state index contributed by atoms with van der Waals surface area (Å²) in [6.45, 7) is 2.14. The third-order valence-electron chi connectivity index (χ3n) is 2.75. The van der Waals surface area contributed by atoms with Crippen LogP contribution in [0.5, 0.6) is 0 Å². The highest BCUT2D eigenvalue weighted by Gasteiger charge is 2.12. The number of esters is 1. The summed E-state index contributed by atoms with van der Waals surface area (Å²) in [6, 6.07) is 0. The van der Waals surface area contributed by atoms with E-state index in [4.69, 9.17) is 4.74 Å². The molecule has 0 N–H and O–H groups in total. The fourth-order valence-corrected chi connectivity index (χ4v) is 1.94. The molecule has 0 spiro atoms. The molecule has 0 aromatic rings. The van der Waals surface area contributed by atoms with Gasteiger partial charge < -0.3 is 4.74 Å². The fraction of sp³-hybridized carbons (Fsp3) is 0.909. The monoisotopic (exact) mass is 184 g/mol. The molecule has 76 valence electrons. The van der Waals surface area contributed by atoms with Crippen molar-refractivity contribution in [3.8, 4) is 0 Å². The normalized spacial score (nSPS) is 20.4. The lowest BCUT2D eigenvalue weighted by Crippen LogP contribution is -2.13. The Balaban J connectivity index is 2.17. The van der Waals surface area contributed by atoms with Crippen molar-refractivity contribution in [3.63, 3.8) is 0 Å². The molecular formula is C11H20O2. The van der Waals surface area contributed by atoms with Gasteiger partial charge in [-0.2, -0.15) is 0 Å². The standard InChI is InChI=1S/C11H20O2/c1-10(12)13-9-11-7-5-3-2-4-6-8-11/h11H,2-9H2,1H3. The van der Waals surface area contributed by atoms with Gasteiger partial charge in [-0.25, -0.2) is 0 Å². The van der Waals surface area contributed by atoms with Gasteiger partial charge in [0.15, 0.2) is 0 Å². The number of ether oxygens (including phenoxy) is 1. The van der Waals surface area contributed by atoms with E-state index in [1.807, 2.05) is 0 Å². The Labute approximate surface area is 80.7 Å². The van der Waals surface area contributed by atoms with Crippen LogP contribution in [0.4, 0.5) is 0 Å². The van der Waals surface area contributed by atoms with E-state index >= 15 is 0 Å². The predicted octanol–water partition coefficient (Wildman–Crippen LogP) is 2.91. The van der Waals surface area contributed by atoms with E-state index in [2.05, 4.69) is 0 Å². The summed E-state index contributed by atoms with van der Waals surface area (Å²) in [4.78, 5) is 10.6. The van der Waals surface area contributed by atoms with Gasteiger partial charge in [-0.05, 0) is 18.8 Å². The maximum atomic E-state index is 10.6. The van der Waals surface area contributed by atoms with Crippen LogP contribution >= 0.6 is 0 Å². The number of hydrogen-bond donors (Lipinski definition) is 0. The average Bonchev–Trinajstić information content (AvgIpc) is 2.01. The Morgan fingerprint density at radius 3 is 2.23 bits per heavy atom. The quantitative estimate of drug-likeness (QED) is 0.617. The highest BCUT2D eigenvalue weighted by Crippen LogP contribution is 2.22. The van der Waals surface area contributed by atoms with Crippen LogP contribution in [0.3, 0.4) is 0 Å². The van der Waals surface area contributed by atoms with Crippen molar-refractivity contribution in [2.24, 2.45) is 5.92 Å². The van der Waals surface area contributed by atoms with Crippen molar-refractivity contribution >= 4 is 5.97 Å². The van der Waals surface area contributed by atoms with Crippen LogP contribution in [-0.2, 0) is 9.53 Å². The molecule has 1 aliphatic rings. The van der Waals surface area contributed by atoms with Crippen LogP contribution < -0.4 is 0 Å². The first-order valence-corrected chi connectivity index (χ1v) is 5.42. The average molecular weight is 184 g/mol. The topological polar surface area (TPSA) is 26.3 Å². The maximum absolute atomic E-state index is 10.6. The van der Waals surface area contributed by atoms with Crippen LogP contribution in [0.2, 0.25) is 0 Å². The van der Waals surface area contributed by atoms with Gasteiger partial charge in [0, 0.05) is 6.92 Å². The van der Waals surface area contributed by atoms with Crippen molar-refractivity contribution in [3.05, 3.63) is 0 Å². The van der Waals surface area contributed by atoms with E-state index in [1.165, 1.54) is 51.9 Å². The summed E-state index contributed by atoms with van der Waals surface area (Å²) in [5.74, 6) is 0.492. The SMILES string of the molecule is CC(=O)OCC1CCCCCCC1. The molecule has 1 fully saturated rings. The van der Waals surface area contributed by atoms with Crippen LogP contribution in [-0.4, -0.2) is 12.6 Å². The molecule has 0 heterocycles. The first-order valence-electron chi connectivity index (χ1n) is 5.42. The number of carbonyl (C=O) groups excluding carboxylic acids is 1. The minimum atomic E-state index is -0.137.